The van der Waals surface area contributed by atoms with Crippen molar-refractivity contribution in [3.05, 3.63) is 0 Å². The second-order valence-electron chi connectivity index (χ2n) is 5.26. The van der Waals surface area contributed by atoms with Crippen molar-refractivity contribution in [2.24, 2.45) is 10.8 Å². The van der Waals surface area contributed by atoms with Crippen LogP contribution in [0.1, 0.15) is 34.6 Å². The molecule has 3 heteroatoms. The lowest BCUT2D eigenvalue weighted by Crippen LogP contribution is -2.41. The first-order chi connectivity index (χ1) is 5.69. The van der Waals surface area contributed by atoms with E-state index in [-0.39, 0.29) is 11.3 Å². The van der Waals surface area contributed by atoms with Gasteiger partial charge in [0.2, 0.25) is 5.91 Å². The van der Waals surface area contributed by atoms with E-state index in [1.807, 2.05) is 13.8 Å². The summed E-state index contributed by atoms with van der Waals surface area (Å²) in [7, 11) is 0. The van der Waals surface area contributed by atoms with Gasteiger partial charge in [0.15, 0.2) is 0 Å². The van der Waals surface area contributed by atoms with Gasteiger partial charge in [0.25, 0.3) is 0 Å². The average Bonchev–Trinajstić information content (AvgIpc) is 1.98. The first kappa shape index (κ1) is 12.8. The summed E-state index contributed by atoms with van der Waals surface area (Å²) in [6, 6.07) is 0. The van der Waals surface area contributed by atoms with Crippen LogP contribution in [0.15, 0.2) is 0 Å². The fourth-order valence-electron chi connectivity index (χ4n) is 0.645. The van der Waals surface area contributed by atoms with E-state index in [4.69, 9.17) is 11.6 Å². The molecule has 0 aliphatic carbocycles. The van der Waals surface area contributed by atoms with Crippen LogP contribution in [0.25, 0.3) is 0 Å². The molecule has 13 heavy (non-hydrogen) atoms. The second kappa shape index (κ2) is 4.32. The molecule has 78 valence electrons. The lowest BCUT2D eigenvalue weighted by atomic mass is 9.93. The van der Waals surface area contributed by atoms with Gasteiger partial charge in [0.1, 0.15) is 0 Å². The molecule has 0 heterocycles. The Hall–Kier alpha value is -0.240. The molecular formula is C10H20ClNO. The minimum absolute atomic E-state index is 0.0254. The standard InChI is InChI=1S/C10H20ClNO/c1-9(2,3)7-12-8(13)10(4,5)6-11/h6-7H2,1-5H3,(H,12,13). The van der Waals surface area contributed by atoms with Crippen LogP contribution in [0.4, 0.5) is 0 Å². The van der Waals surface area contributed by atoms with Crippen LogP contribution < -0.4 is 5.32 Å². The molecule has 0 rings (SSSR count). The molecule has 1 N–H and O–H groups in total. The largest absolute Gasteiger partial charge is 0.355 e. The van der Waals surface area contributed by atoms with Gasteiger partial charge < -0.3 is 5.32 Å². The molecule has 0 aliphatic rings. The topological polar surface area (TPSA) is 29.1 Å². The number of halogens is 1. The number of amides is 1. The fourth-order valence-corrected chi connectivity index (χ4v) is 0.767. The molecule has 0 bridgehead atoms. The monoisotopic (exact) mass is 205 g/mol. The highest BCUT2D eigenvalue weighted by Gasteiger charge is 2.27. The van der Waals surface area contributed by atoms with E-state index in [1.54, 1.807) is 0 Å². The van der Waals surface area contributed by atoms with E-state index in [0.29, 0.717) is 12.4 Å². The summed E-state index contributed by atoms with van der Waals surface area (Å²) in [5, 5.41) is 2.89. The zero-order valence-corrected chi connectivity index (χ0v) is 9.96. The van der Waals surface area contributed by atoms with Gasteiger partial charge >= 0.3 is 0 Å². The first-order valence-corrected chi connectivity index (χ1v) is 5.07. The Labute approximate surface area is 86.0 Å². The number of nitrogens with one attached hydrogen (secondary N) is 1. The van der Waals surface area contributed by atoms with Gasteiger partial charge in [0.05, 0.1) is 5.41 Å². The molecule has 0 aliphatic heterocycles. The third kappa shape index (κ3) is 5.14. The Bertz CT molecular complexity index is 182. The Morgan fingerprint density at radius 3 is 2.00 bits per heavy atom. The van der Waals surface area contributed by atoms with Crippen LogP contribution in [-0.4, -0.2) is 18.3 Å². The van der Waals surface area contributed by atoms with Gasteiger partial charge in [-0.25, -0.2) is 0 Å². The van der Waals surface area contributed by atoms with Crippen LogP contribution in [0.2, 0.25) is 0 Å². The van der Waals surface area contributed by atoms with Crippen molar-refractivity contribution >= 4 is 17.5 Å². The van der Waals surface area contributed by atoms with Crippen LogP contribution in [0, 0.1) is 10.8 Å². The Balaban J connectivity index is 4.03. The van der Waals surface area contributed by atoms with Gasteiger partial charge in [-0.2, -0.15) is 0 Å². The highest BCUT2D eigenvalue weighted by atomic mass is 35.5. The van der Waals surface area contributed by atoms with Gasteiger partial charge in [-0.1, -0.05) is 20.8 Å². The summed E-state index contributed by atoms with van der Waals surface area (Å²) in [5.41, 5.74) is -0.342. The fraction of sp³-hybridized carbons (Fsp3) is 0.900. The number of hydrogen-bond acceptors (Lipinski definition) is 1. The zero-order chi connectivity index (χ0) is 10.7. The first-order valence-electron chi connectivity index (χ1n) is 4.53. The smallest absolute Gasteiger partial charge is 0.226 e. The molecule has 0 aromatic rings. The minimum Gasteiger partial charge on any atom is -0.355 e. The maximum absolute atomic E-state index is 11.5. The molecule has 0 radical (unpaired) electrons. The highest BCUT2D eigenvalue weighted by molar-refractivity contribution is 6.19. The van der Waals surface area contributed by atoms with Gasteiger partial charge in [-0.05, 0) is 19.3 Å². The highest BCUT2D eigenvalue weighted by Crippen LogP contribution is 2.18. The zero-order valence-electron chi connectivity index (χ0n) is 9.20. The lowest BCUT2D eigenvalue weighted by Gasteiger charge is -2.24. The van der Waals surface area contributed by atoms with E-state index in [1.165, 1.54) is 0 Å². The molecule has 0 fully saturated rings. The molecule has 0 saturated carbocycles. The van der Waals surface area contributed by atoms with Crippen LogP contribution >= 0.6 is 11.6 Å². The number of rotatable bonds is 3. The maximum Gasteiger partial charge on any atom is 0.226 e. The summed E-state index contributed by atoms with van der Waals surface area (Å²) >= 11 is 5.68. The molecular weight excluding hydrogens is 186 g/mol. The van der Waals surface area contributed by atoms with Gasteiger partial charge in [-0.3, -0.25) is 4.79 Å². The number of carbonyl (C=O) groups is 1. The molecule has 0 aromatic heterocycles. The van der Waals surface area contributed by atoms with Crippen molar-refractivity contribution in [1.29, 1.82) is 0 Å². The van der Waals surface area contributed by atoms with Crippen molar-refractivity contribution < 1.29 is 4.79 Å². The SMILES string of the molecule is CC(C)(C)CNC(=O)C(C)(C)CCl. The molecule has 0 aromatic carbocycles. The number of carbonyl (C=O) groups excluding carboxylic acids is 1. The second-order valence-corrected chi connectivity index (χ2v) is 5.53. The Morgan fingerprint density at radius 2 is 1.69 bits per heavy atom. The van der Waals surface area contributed by atoms with E-state index in [2.05, 4.69) is 26.1 Å². The quantitative estimate of drug-likeness (QED) is 0.705. The molecule has 0 atom stereocenters. The summed E-state index contributed by atoms with van der Waals surface area (Å²) < 4.78 is 0. The molecule has 0 unspecified atom stereocenters. The molecule has 1 amide bonds. The molecule has 0 spiro atoms. The number of alkyl halides is 1. The lowest BCUT2D eigenvalue weighted by molar-refractivity contribution is -0.128. The normalized spacial score (nSPS) is 12.8. The van der Waals surface area contributed by atoms with Crippen molar-refractivity contribution in [1.82, 2.24) is 5.32 Å². The predicted molar refractivity (Wildman–Crippen MR) is 57.0 cm³/mol. The maximum atomic E-state index is 11.5. The van der Waals surface area contributed by atoms with Crippen LogP contribution in [0.3, 0.4) is 0 Å². The van der Waals surface area contributed by atoms with E-state index < -0.39 is 5.41 Å². The van der Waals surface area contributed by atoms with Crippen molar-refractivity contribution in [2.75, 3.05) is 12.4 Å². The predicted octanol–water partition coefficient (Wildman–Crippen LogP) is 2.41. The van der Waals surface area contributed by atoms with Crippen molar-refractivity contribution in [2.45, 2.75) is 34.6 Å². The molecule has 0 saturated heterocycles. The van der Waals surface area contributed by atoms with Crippen LogP contribution in [-0.2, 0) is 4.79 Å². The van der Waals surface area contributed by atoms with Crippen molar-refractivity contribution in [3.8, 4) is 0 Å². The average molecular weight is 206 g/mol. The summed E-state index contributed by atoms with van der Waals surface area (Å²) in [6.07, 6.45) is 0. The van der Waals surface area contributed by atoms with E-state index >= 15 is 0 Å². The summed E-state index contributed by atoms with van der Waals surface area (Å²) in [6.45, 7) is 10.6. The van der Waals surface area contributed by atoms with Gasteiger partial charge in [-0.15, -0.1) is 11.6 Å². The third-order valence-electron chi connectivity index (χ3n) is 1.73. The van der Waals surface area contributed by atoms with E-state index in [0.717, 1.165) is 0 Å². The minimum atomic E-state index is -0.465. The Kier molecular flexibility index (Phi) is 4.24. The summed E-state index contributed by atoms with van der Waals surface area (Å²) in [5.74, 6) is 0.376. The van der Waals surface area contributed by atoms with Crippen molar-refractivity contribution in [3.63, 3.8) is 0 Å². The number of hydrogen-bond donors (Lipinski definition) is 1. The Morgan fingerprint density at radius 1 is 1.23 bits per heavy atom. The third-order valence-corrected chi connectivity index (χ3v) is 2.40. The van der Waals surface area contributed by atoms with E-state index in [9.17, 15) is 4.79 Å². The van der Waals surface area contributed by atoms with Crippen LogP contribution in [0.5, 0.6) is 0 Å². The molecule has 2 nitrogen and oxygen atoms in total. The van der Waals surface area contributed by atoms with Gasteiger partial charge in [0, 0.05) is 12.4 Å². The summed E-state index contributed by atoms with van der Waals surface area (Å²) in [4.78, 5) is 11.5.